The fourth-order valence-corrected chi connectivity index (χ4v) is 4.89. The van der Waals surface area contributed by atoms with Gasteiger partial charge in [0.2, 0.25) is 5.91 Å². The molecule has 0 bridgehead atoms. The number of carbonyl (C=O) groups excluding carboxylic acids is 2. The molecular weight excluding hydrogens is 470 g/mol. The SMILES string of the molecule is CCC1=C(C(=O)OC)C(c2cccc([N+](=O)[O-])c2)N2C(CC(=O)NCc3ccccn3)=CSC2=N1. The van der Waals surface area contributed by atoms with E-state index in [0.717, 1.165) is 5.69 Å². The van der Waals surface area contributed by atoms with E-state index in [2.05, 4.69) is 15.3 Å². The van der Waals surface area contributed by atoms with Gasteiger partial charge in [0.15, 0.2) is 5.17 Å². The third-order valence-corrected chi connectivity index (χ3v) is 6.45. The highest BCUT2D eigenvalue weighted by molar-refractivity contribution is 8.16. The van der Waals surface area contributed by atoms with Crippen molar-refractivity contribution in [2.24, 2.45) is 4.99 Å². The number of amidine groups is 1. The van der Waals surface area contributed by atoms with Crippen LogP contribution in [0, 0.1) is 10.1 Å². The summed E-state index contributed by atoms with van der Waals surface area (Å²) in [5, 5.41) is 16.7. The number of esters is 1. The number of methoxy groups -OCH3 is 1. The van der Waals surface area contributed by atoms with Crippen LogP contribution in [0.2, 0.25) is 0 Å². The fourth-order valence-electron chi connectivity index (χ4n) is 3.95. The van der Waals surface area contributed by atoms with Crippen LogP contribution in [0.5, 0.6) is 0 Å². The van der Waals surface area contributed by atoms with Crippen molar-refractivity contribution in [1.82, 2.24) is 15.2 Å². The predicted molar refractivity (Wildman–Crippen MR) is 131 cm³/mol. The van der Waals surface area contributed by atoms with Crippen molar-refractivity contribution in [3.63, 3.8) is 0 Å². The first-order valence-electron chi connectivity index (χ1n) is 10.9. The van der Waals surface area contributed by atoms with Crippen LogP contribution in [0.3, 0.4) is 0 Å². The molecule has 1 unspecified atom stereocenters. The van der Waals surface area contributed by atoms with E-state index in [0.29, 0.717) is 34.1 Å². The van der Waals surface area contributed by atoms with E-state index in [1.807, 2.05) is 24.5 Å². The molecule has 2 aliphatic heterocycles. The van der Waals surface area contributed by atoms with Gasteiger partial charge in [-0.15, -0.1) is 0 Å². The molecular formula is C24H23N5O5S. The molecule has 0 saturated carbocycles. The minimum Gasteiger partial charge on any atom is -0.466 e. The maximum atomic E-state index is 12.9. The van der Waals surface area contributed by atoms with E-state index in [9.17, 15) is 19.7 Å². The average Bonchev–Trinajstić information content (AvgIpc) is 3.28. The molecule has 0 radical (unpaired) electrons. The van der Waals surface area contributed by atoms with Crippen molar-refractivity contribution < 1.29 is 19.2 Å². The number of nitrogens with zero attached hydrogens (tertiary/aromatic N) is 4. The molecule has 1 aromatic carbocycles. The van der Waals surface area contributed by atoms with Crippen molar-refractivity contribution in [2.45, 2.75) is 32.4 Å². The Hall–Kier alpha value is -3.99. The lowest BCUT2D eigenvalue weighted by Crippen LogP contribution is -2.38. The fraction of sp³-hybridized carbons (Fsp3) is 0.250. The van der Waals surface area contributed by atoms with Gasteiger partial charge in [-0.25, -0.2) is 9.79 Å². The molecule has 1 amide bonds. The highest BCUT2D eigenvalue weighted by Gasteiger charge is 2.41. The van der Waals surface area contributed by atoms with E-state index in [4.69, 9.17) is 4.74 Å². The Balaban J connectivity index is 1.67. The van der Waals surface area contributed by atoms with Crippen LogP contribution in [0.15, 0.2) is 76.0 Å². The number of pyridine rings is 1. The summed E-state index contributed by atoms with van der Waals surface area (Å²) < 4.78 is 5.06. The van der Waals surface area contributed by atoms with Crippen LogP contribution < -0.4 is 5.32 Å². The highest BCUT2D eigenvalue weighted by atomic mass is 32.2. The number of carbonyl (C=O) groups is 2. The quantitative estimate of drug-likeness (QED) is 0.334. The van der Waals surface area contributed by atoms with Gasteiger partial charge >= 0.3 is 5.97 Å². The summed E-state index contributed by atoms with van der Waals surface area (Å²) >= 11 is 1.34. The lowest BCUT2D eigenvalue weighted by Gasteiger charge is -2.36. The van der Waals surface area contributed by atoms with Gasteiger partial charge in [-0.2, -0.15) is 0 Å². The van der Waals surface area contributed by atoms with E-state index in [1.54, 1.807) is 29.3 Å². The summed E-state index contributed by atoms with van der Waals surface area (Å²) in [6.45, 7) is 2.16. The van der Waals surface area contributed by atoms with Crippen molar-refractivity contribution in [2.75, 3.05) is 7.11 Å². The molecule has 1 aromatic heterocycles. The second-order valence-electron chi connectivity index (χ2n) is 7.73. The molecule has 35 heavy (non-hydrogen) atoms. The predicted octanol–water partition coefficient (Wildman–Crippen LogP) is 3.83. The van der Waals surface area contributed by atoms with Crippen LogP contribution >= 0.6 is 11.8 Å². The largest absolute Gasteiger partial charge is 0.466 e. The number of nitro groups is 1. The Morgan fingerprint density at radius 1 is 1.26 bits per heavy atom. The number of allylic oxidation sites excluding steroid dienone is 1. The summed E-state index contributed by atoms with van der Waals surface area (Å²) in [7, 11) is 1.28. The van der Waals surface area contributed by atoms with Gasteiger partial charge in [-0.3, -0.25) is 19.9 Å². The van der Waals surface area contributed by atoms with Gasteiger partial charge < -0.3 is 15.0 Å². The first-order valence-corrected chi connectivity index (χ1v) is 11.8. The molecule has 2 aromatic rings. The molecule has 4 rings (SSSR count). The maximum Gasteiger partial charge on any atom is 0.338 e. The smallest absolute Gasteiger partial charge is 0.338 e. The molecule has 0 aliphatic carbocycles. The number of non-ortho nitro benzene ring substituents is 1. The first kappa shape index (κ1) is 24.1. The number of fused-ring (bicyclic) bond motifs is 1. The number of aromatic nitrogens is 1. The molecule has 0 saturated heterocycles. The van der Waals surface area contributed by atoms with Crippen molar-refractivity contribution in [3.05, 3.63) is 92.4 Å². The Labute approximate surface area is 205 Å². The van der Waals surface area contributed by atoms with Crippen molar-refractivity contribution >= 4 is 34.5 Å². The van der Waals surface area contributed by atoms with Crippen molar-refractivity contribution in [1.29, 1.82) is 0 Å². The van der Waals surface area contributed by atoms with Crippen LogP contribution in [0.4, 0.5) is 5.69 Å². The first-order chi connectivity index (χ1) is 16.9. The molecule has 1 atom stereocenters. The number of hydrogen-bond acceptors (Lipinski definition) is 9. The molecule has 0 spiro atoms. The monoisotopic (exact) mass is 493 g/mol. The number of amides is 1. The van der Waals surface area contributed by atoms with Gasteiger partial charge in [-0.1, -0.05) is 36.9 Å². The van der Waals surface area contributed by atoms with Gasteiger partial charge in [0.1, 0.15) is 0 Å². The number of thioether (sulfide) groups is 1. The number of benzene rings is 1. The van der Waals surface area contributed by atoms with Crippen LogP contribution in [0.1, 0.15) is 37.1 Å². The minimum absolute atomic E-state index is 0.0280. The van der Waals surface area contributed by atoms with Crippen molar-refractivity contribution in [3.8, 4) is 0 Å². The second-order valence-corrected chi connectivity index (χ2v) is 8.56. The normalized spacial score (nSPS) is 16.9. The van der Waals surface area contributed by atoms with Crippen LogP contribution in [-0.2, 0) is 20.9 Å². The van der Waals surface area contributed by atoms with E-state index < -0.39 is 16.9 Å². The summed E-state index contributed by atoms with van der Waals surface area (Å²) in [4.78, 5) is 47.3. The highest BCUT2D eigenvalue weighted by Crippen LogP contribution is 2.45. The number of ether oxygens (including phenoxy) is 1. The molecule has 180 valence electrons. The molecule has 1 N–H and O–H groups in total. The third-order valence-electron chi connectivity index (χ3n) is 5.56. The van der Waals surface area contributed by atoms with E-state index >= 15 is 0 Å². The lowest BCUT2D eigenvalue weighted by molar-refractivity contribution is -0.384. The third kappa shape index (κ3) is 5.09. The zero-order valence-electron chi connectivity index (χ0n) is 19.1. The second kappa shape index (κ2) is 10.5. The number of aliphatic imine (C=N–C) groups is 1. The molecule has 11 heteroatoms. The molecule has 10 nitrogen and oxygen atoms in total. The number of nitrogens with one attached hydrogen (secondary N) is 1. The Bertz CT molecular complexity index is 1260. The summed E-state index contributed by atoms with van der Waals surface area (Å²) in [5.74, 6) is -0.802. The van der Waals surface area contributed by atoms with Gasteiger partial charge in [0, 0.05) is 24.0 Å². The zero-order valence-corrected chi connectivity index (χ0v) is 19.9. The Kier molecular flexibility index (Phi) is 7.25. The van der Waals surface area contributed by atoms with Crippen LogP contribution in [0.25, 0.3) is 0 Å². The minimum atomic E-state index is -0.727. The standard InChI is InChI=1S/C24H23N5O5S/c1-3-19-21(23(31)34-2)22(15-7-6-9-17(11-15)29(32)33)28-18(14-35-24(28)27-19)12-20(30)26-13-16-8-4-5-10-25-16/h4-11,14,22H,3,12-13H2,1-2H3,(H,26,30). The summed E-state index contributed by atoms with van der Waals surface area (Å²) in [6, 6.07) is 10.9. The number of rotatable bonds is 8. The lowest BCUT2D eigenvalue weighted by atomic mass is 9.92. The Morgan fingerprint density at radius 2 is 2.09 bits per heavy atom. The van der Waals surface area contributed by atoms with E-state index in [-0.39, 0.29) is 24.6 Å². The van der Waals surface area contributed by atoms with Crippen LogP contribution in [-0.4, -0.2) is 39.0 Å². The molecule has 3 heterocycles. The van der Waals surface area contributed by atoms with Gasteiger partial charge in [0.25, 0.3) is 5.69 Å². The number of nitro benzene ring substituents is 1. The average molecular weight is 494 g/mol. The van der Waals surface area contributed by atoms with Gasteiger partial charge in [0.05, 0.1) is 48.0 Å². The van der Waals surface area contributed by atoms with E-state index in [1.165, 1.54) is 31.0 Å². The zero-order chi connectivity index (χ0) is 24.9. The Morgan fingerprint density at radius 3 is 2.77 bits per heavy atom. The molecule has 2 aliphatic rings. The number of hydrogen-bond donors (Lipinski definition) is 1. The summed E-state index contributed by atoms with van der Waals surface area (Å²) in [5.41, 5.74) is 2.62. The van der Waals surface area contributed by atoms with Gasteiger partial charge in [-0.05, 0) is 29.5 Å². The maximum absolute atomic E-state index is 12.9. The summed E-state index contributed by atoms with van der Waals surface area (Å²) in [6.07, 6.45) is 2.15. The topological polar surface area (TPSA) is 127 Å². The molecule has 0 fully saturated rings.